The van der Waals surface area contributed by atoms with Gasteiger partial charge in [0, 0.05) is 0 Å². The number of esters is 1. The maximum Gasteiger partial charge on any atom is 0.405 e. The van der Waals surface area contributed by atoms with Crippen LogP contribution in [0.2, 0.25) is 0 Å². The van der Waals surface area contributed by atoms with E-state index in [4.69, 9.17) is 0 Å². The van der Waals surface area contributed by atoms with Crippen molar-refractivity contribution in [3.8, 4) is 0 Å². The summed E-state index contributed by atoms with van der Waals surface area (Å²) in [6.07, 6.45) is 0.0715. The lowest BCUT2D eigenvalue weighted by molar-refractivity contribution is -0.179. The highest BCUT2D eigenvalue weighted by atomic mass is 32.2. The van der Waals surface area contributed by atoms with Crippen LogP contribution < -0.4 is 4.72 Å². The summed E-state index contributed by atoms with van der Waals surface area (Å²) in [5, 5.41) is 0. The van der Waals surface area contributed by atoms with Crippen molar-refractivity contribution in [2.24, 2.45) is 11.8 Å². The Kier molecular flexibility index (Phi) is 7.72. The van der Waals surface area contributed by atoms with E-state index in [9.17, 15) is 22.2 Å². The van der Waals surface area contributed by atoms with Crippen LogP contribution in [-0.2, 0) is 20.5 Å². The zero-order valence-corrected chi connectivity index (χ0v) is 15.6. The summed E-state index contributed by atoms with van der Waals surface area (Å²) >= 11 is 0. The van der Waals surface area contributed by atoms with Crippen LogP contribution in [0.25, 0.3) is 0 Å². The fraction of sp³-hybridized carbons (Fsp3) is 0.938. The monoisotopic (exact) mass is 371 g/mol. The SMILES string of the molecule is COC(=O)[C@@H](CC1CCCCC1)[C@H](N[S@@](=O)C(C)(C)C)C(F)(F)F. The van der Waals surface area contributed by atoms with Gasteiger partial charge in [0.1, 0.15) is 6.04 Å². The summed E-state index contributed by atoms with van der Waals surface area (Å²) in [7, 11) is -0.850. The maximum absolute atomic E-state index is 13.6. The molecule has 0 aromatic carbocycles. The molecule has 0 aliphatic heterocycles. The fourth-order valence-corrected chi connectivity index (χ4v) is 3.85. The minimum absolute atomic E-state index is 0.0672. The molecule has 1 N–H and O–H groups in total. The third kappa shape index (κ3) is 6.35. The first-order valence-corrected chi connectivity index (χ1v) is 9.44. The van der Waals surface area contributed by atoms with Gasteiger partial charge in [-0.15, -0.1) is 0 Å². The van der Waals surface area contributed by atoms with Gasteiger partial charge in [0.15, 0.2) is 0 Å². The van der Waals surface area contributed by atoms with Gasteiger partial charge in [0.05, 0.1) is 28.8 Å². The lowest BCUT2D eigenvalue weighted by Gasteiger charge is -2.33. The summed E-state index contributed by atoms with van der Waals surface area (Å²) in [4.78, 5) is 12.0. The van der Waals surface area contributed by atoms with E-state index in [1.807, 2.05) is 0 Å². The highest BCUT2D eigenvalue weighted by Gasteiger charge is 2.50. The van der Waals surface area contributed by atoms with Gasteiger partial charge in [-0.3, -0.25) is 4.79 Å². The molecule has 0 radical (unpaired) electrons. The summed E-state index contributed by atoms with van der Waals surface area (Å²) in [5.41, 5.74) is 0. The molecule has 8 heteroatoms. The van der Waals surface area contributed by atoms with Gasteiger partial charge in [-0.2, -0.15) is 13.2 Å². The molecular formula is C16H28F3NO3S. The second kappa shape index (κ2) is 8.65. The third-order valence-electron chi connectivity index (χ3n) is 4.36. The lowest BCUT2D eigenvalue weighted by atomic mass is 9.80. The Balaban J connectivity index is 3.01. The van der Waals surface area contributed by atoms with E-state index >= 15 is 0 Å². The predicted octanol–water partition coefficient (Wildman–Crippen LogP) is 3.73. The van der Waals surface area contributed by atoms with Gasteiger partial charge in [0.2, 0.25) is 0 Å². The minimum Gasteiger partial charge on any atom is -0.469 e. The molecule has 0 saturated heterocycles. The Morgan fingerprint density at radius 3 is 2.17 bits per heavy atom. The first-order valence-electron chi connectivity index (χ1n) is 8.29. The van der Waals surface area contributed by atoms with E-state index in [1.165, 1.54) is 0 Å². The van der Waals surface area contributed by atoms with Gasteiger partial charge < -0.3 is 4.74 Å². The highest BCUT2D eigenvalue weighted by molar-refractivity contribution is 7.84. The summed E-state index contributed by atoms with van der Waals surface area (Å²) in [6.45, 7) is 4.74. The topological polar surface area (TPSA) is 55.4 Å². The van der Waals surface area contributed by atoms with Gasteiger partial charge >= 0.3 is 12.1 Å². The molecule has 1 saturated carbocycles. The van der Waals surface area contributed by atoms with Crippen LogP contribution in [0.4, 0.5) is 13.2 Å². The van der Waals surface area contributed by atoms with Crippen molar-refractivity contribution >= 4 is 17.0 Å². The molecule has 1 aliphatic carbocycles. The molecule has 0 amide bonds. The Labute approximate surface area is 144 Å². The molecule has 0 spiro atoms. The average molecular weight is 371 g/mol. The van der Waals surface area contributed by atoms with Gasteiger partial charge in [-0.25, -0.2) is 8.93 Å². The van der Waals surface area contributed by atoms with Crippen molar-refractivity contribution in [3.63, 3.8) is 0 Å². The van der Waals surface area contributed by atoms with E-state index in [1.54, 1.807) is 20.8 Å². The summed E-state index contributed by atoms with van der Waals surface area (Å²) in [5.74, 6) is -2.22. The highest BCUT2D eigenvalue weighted by Crippen LogP contribution is 2.35. The average Bonchev–Trinajstić information content (AvgIpc) is 2.48. The largest absolute Gasteiger partial charge is 0.469 e. The maximum atomic E-state index is 13.6. The first kappa shape index (κ1) is 21.4. The smallest absolute Gasteiger partial charge is 0.405 e. The van der Waals surface area contributed by atoms with E-state index in [2.05, 4.69) is 9.46 Å². The Hall–Kier alpha value is -0.630. The van der Waals surface area contributed by atoms with E-state index < -0.39 is 39.8 Å². The van der Waals surface area contributed by atoms with Gasteiger partial charge in [-0.1, -0.05) is 32.1 Å². The number of carbonyl (C=O) groups is 1. The van der Waals surface area contributed by atoms with Crippen LogP contribution in [0.15, 0.2) is 0 Å². The molecule has 3 atom stereocenters. The zero-order chi connectivity index (χ0) is 18.5. The molecule has 0 aromatic rings. The second-order valence-electron chi connectivity index (χ2n) is 7.39. The minimum atomic E-state index is -4.69. The fourth-order valence-electron chi connectivity index (χ4n) is 2.97. The van der Waals surface area contributed by atoms with Crippen molar-refractivity contribution in [3.05, 3.63) is 0 Å². The van der Waals surface area contributed by atoms with Crippen molar-refractivity contribution < 1.29 is 26.9 Å². The zero-order valence-electron chi connectivity index (χ0n) is 14.7. The number of rotatable bonds is 6. The molecule has 4 nitrogen and oxygen atoms in total. The van der Waals surface area contributed by atoms with Crippen LogP contribution in [0, 0.1) is 11.8 Å². The van der Waals surface area contributed by atoms with Crippen LogP contribution in [-0.4, -0.2) is 34.3 Å². The Morgan fingerprint density at radius 2 is 1.75 bits per heavy atom. The Morgan fingerprint density at radius 1 is 1.21 bits per heavy atom. The van der Waals surface area contributed by atoms with Crippen molar-refractivity contribution in [1.29, 1.82) is 0 Å². The number of halogens is 3. The van der Waals surface area contributed by atoms with Crippen molar-refractivity contribution in [1.82, 2.24) is 4.72 Å². The van der Waals surface area contributed by atoms with Crippen LogP contribution in [0.3, 0.4) is 0 Å². The molecule has 1 aliphatic rings. The van der Waals surface area contributed by atoms with Crippen LogP contribution >= 0.6 is 0 Å². The van der Waals surface area contributed by atoms with E-state index in [0.717, 1.165) is 39.2 Å². The molecule has 0 aromatic heterocycles. The molecular weight excluding hydrogens is 343 g/mol. The Bertz CT molecular complexity index is 443. The number of hydrogen-bond donors (Lipinski definition) is 1. The van der Waals surface area contributed by atoms with Gasteiger partial charge in [0.25, 0.3) is 0 Å². The van der Waals surface area contributed by atoms with Crippen LogP contribution in [0.5, 0.6) is 0 Å². The summed E-state index contributed by atoms with van der Waals surface area (Å²) < 4.78 is 58.8. The van der Waals surface area contributed by atoms with E-state index in [0.29, 0.717) is 0 Å². The number of nitrogens with one attached hydrogen (secondary N) is 1. The predicted molar refractivity (Wildman–Crippen MR) is 87.6 cm³/mol. The molecule has 0 unspecified atom stereocenters. The summed E-state index contributed by atoms with van der Waals surface area (Å²) in [6, 6.07) is -2.17. The molecule has 1 rings (SSSR count). The number of methoxy groups -OCH3 is 1. The molecule has 1 fully saturated rings. The molecule has 0 heterocycles. The molecule has 24 heavy (non-hydrogen) atoms. The van der Waals surface area contributed by atoms with Crippen molar-refractivity contribution in [2.75, 3.05) is 7.11 Å². The van der Waals surface area contributed by atoms with Crippen molar-refractivity contribution in [2.45, 2.75) is 76.3 Å². The standard InChI is InChI=1S/C16H28F3NO3S/c1-15(2,3)24(22)20-13(16(17,18)19)12(14(21)23-4)10-11-8-6-5-7-9-11/h11-13,20H,5-10H2,1-4H3/t12-,13-,24-/m0/s1. The van der Waals surface area contributed by atoms with E-state index in [-0.39, 0.29) is 12.3 Å². The lowest BCUT2D eigenvalue weighted by Crippen LogP contribution is -2.54. The third-order valence-corrected chi connectivity index (χ3v) is 5.94. The first-order chi connectivity index (χ1) is 11.0. The number of carbonyl (C=O) groups excluding carboxylic acids is 1. The number of ether oxygens (including phenoxy) is 1. The normalized spacial score (nSPS) is 21.1. The number of alkyl halides is 3. The quantitative estimate of drug-likeness (QED) is 0.724. The second-order valence-corrected chi connectivity index (χ2v) is 9.39. The number of hydrogen-bond acceptors (Lipinski definition) is 3. The van der Waals surface area contributed by atoms with Crippen LogP contribution in [0.1, 0.15) is 59.3 Å². The molecule has 142 valence electrons. The van der Waals surface area contributed by atoms with Gasteiger partial charge in [-0.05, 0) is 33.1 Å². The molecule has 0 bridgehead atoms.